The van der Waals surface area contributed by atoms with Crippen molar-refractivity contribution in [2.45, 2.75) is 55.2 Å². The molecule has 1 N–H and O–H groups in total. The van der Waals surface area contributed by atoms with Crippen molar-refractivity contribution in [2.24, 2.45) is 0 Å². The summed E-state index contributed by atoms with van der Waals surface area (Å²) in [7, 11) is -0.184. The van der Waals surface area contributed by atoms with E-state index in [4.69, 9.17) is 0 Å². The standard InChI is InChI=1S/C24H31FN2O3S/c1-17-10-11-18(2)22(14-17)31(29,30)24(12-5-6-13-24)23(28)26-16-21(27(3)4)19-8-7-9-20(25)15-19/h7-11,14-15,21H,5-6,12-13,16H2,1-4H3,(H,26,28). The van der Waals surface area contributed by atoms with Gasteiger partial charge in [-0.05, 0) is 75.7 Å². The fourth-order valence-corrected chi connectivity index (χ4v) is 6.83. The molecule has 7 heteroatoms. The summed E-state index contributed by atoms with van der Waals surface area (Å²) in [6, 6.07) is 11.3. The van der Waals surface area contributed by atoms with E-state index in [1.807, 2.05) is 32.0 Å². The fourth-order valence-electron chi connectivity index (χ4n) is 4.43. The number of likely N-dealkylation sites (N-methyl/N-ethyl adjacent to an activating group) is 1. The normalized spacial score (nSPS) is 17.0. The first kappa shape index (κ1) is 23.4. The van der Waals surface area contributed by atoms with Crippen LogP contribution in [0.1, 0.15) is 48.4 Å². The van der Waals surface area contributed by atoms with Gasteiger partial charge in [0, 0.05) is 6.54 Å². The molecule has 31 heavy (non-hydrogen) atoms. The number of halogens is 1. The minimum absolute atomic E-state index is 0.194. The van der Waals surface area contributed by atoms with Gasteiger partial charge in [0.2, 0.25) is 5.91 Å². The van der Waals surface area contributed by atoms with Crippen molar-refractivity contribution < 1.29 is 17.6 Å². The molecule has 2 aromatic rings. The quantitative estimate of drug-likeness (QED) is 0.699. The van der Waals surface area contributed by atoms with E-state index in [1.54, 1.807) is 31.2 Å². The number of aryl methyl sites for hydroxylation is 2. The van der Waals surface area contributed by atoms with Crippen molar-refractivity contribution in [2.75, 3.05) is 20.6 Å². The summed E-state index contributed by atoms with van der Waals surface area (Å²) in [6.07, 6.45) is 2.00. The summed E-state index contributed by atoms with van der Waals surface area (Å²) in [5.74, 6) is -0.811. The van der Waals surface area contributed by atoms with Crippen LogP contribution in [0.5, 0.6) is 0 Å². The Balaban J connectivity index is 1.90. The van der Waals surface area contributed by atoms with Gasteiger partial charge < -0.3 is 10.2 Å². The van der Waals surface area contributed by atoms with E-state index in [0.717, 1.165) is 11.1 Å². The molecule has 3 rings (SSSR count). The molecule has 1 atom stereocenters. The van der Waals surface area contributed by atoms with E-state index in [0.29, 0.717) is 31.2 Å². The Morgan fingerprint density at radius 2 is 1.81 bits per heavy atom. The highest BCUT2D eigenvalue weighted by Gasteiger charge is 2.53. The molecule has 1 aliphatic rings. The van der Waals surface area contributed by atoms with Crippen LogP contribution in [-0.4, -0.2) is 44.6 Å². The van der Waals surface area contributed by atoms with Gasteiger partial charge in [-0.3, -0.25) is 4.79 Å². The van der Waals surface area contributed by atoms with Crippen molar-refractivity contribution in [3.8, 4) is 0 Å². The van der Waals surface area contributed by atoms with Crippen LogP contribution in [-0.2, 0) is 14.6 Å². The summed E-state index contributed by atoms with van der Waals surface area (Å²) >= 11 is 0. The lowest BCUT2D eigenvalue weighted by atomic mass is 10.0. The molecule has 0 bridgehead atoms. The van der Waals surface area contributed by atoms with Crippen molar-refractivity contribution in [3.63, 3.8) is 0 Å². The molecule has 0 radical (unpaired) electrons. The highest BCUT2D eigenvalue weighted by atomic mass is 32.2. The molecule has 1 unspecified atom stereocenters. The maximum absolute atomic E-state index is 13.7. The topological polar surface area (TPSA) is 66.5 Å². The maximum atomic E-state index is 13.7. The summed E-state index contributed by atoms with van der Waals surface area (Å²) in [6.45, 7) is 3.80. The first-order chi connectivity index (χ1) is 14.6. The highest BCUT2D eigenvalue weighted by molar-refractivity contribution is 7.93. The molecule has 0 heterocycles. The van der Waals surface area contributed by atoms with Gasteiger partial charge in [0.1, 0.15) is 5.82 Å². The van der Waals surface area contributed by atoms with E-state index in [-0.39, 0.29) is 23.3 Å². The average Bonchev–Trinajstić information content (AvgIpc) is 3.21. The second-order valence-corrected chi connectivity index (χ2v) is 10.9. The number of amides is 1. The molecular weight excluding hydrogens is 415 g/mol. The van der Waals surface area contributed by atoms with Crippen molar-refractivity contribution in [1.29, 1.82) is 0 Å². The van der Waals surface area contributed by atoms with E-state index in [9.17, 15) is 17.6 Å². The second-order valence-electron chi connectivity index (χ2n) is 8.72. The first-order valence-electron chi connectivity index (χ1n) is 10.6. The van der Waals surface area contributed by atoms with Gasteiger partial charge in [-0.15, -0.1) is 0 Å². The minimum atomic E-state index is -3.88. The Bertz CT molecular complexity index is 1060. The molecule has 1 aliphatic carbocycles. The monoisotopic (exact) mass is 446 g/mol. The predicted octanol–water partition coefficient (Wildman–Crippen LogP) is 3.95. The van der Waals surface area contributed by atoms with Gasteiger partial charge in [0.25, 0.3) is 0 Å². The third-order valence-electron chi connectivity index (χ3n) is 6.29. The van der Waals surface area contributed by atoms with Crippen LogP contribution in [0.2, 0.25) is 0 Å². The van der Waals surface area contributed by atoms with E-state index >= 15 is 0 Å². The third-order valence-corrected chi connectivity index (χ3v) is 8.93. The number of hydrogen-bond acceptors (Lipinski definition) is 4. The molecule has 1 fully saturated rings. The van der Waals surface area contributed by atoms with Crippen LogP contribution in [0.15, 0.2) is 47.4 Å². The van der Waals surface area contributed by atoms with E-state index in [1.165, 1.54) is 12.1 Å². The highest BCUT2D eigenvalue weighted by Crippen LogP contribution is 2.42. The van der Waals surface area contributed by atoms with Gasteiger partial charge in [-0.2, -0.15) is 0 Å². The molecule has 1 saturated carbocycles. The van der Waals surface area contributed by atoms with Crippen LogP contribution in [0.3, 0.4) is 0 Å². The number of carbonyl (C=O) groups is 1. The van der Waals surface area contributed by atoms with Gasteiger partial charge in [0.05, 0.1) is 10.9 Å². The number of sulfone groups is 1. The molecule has 5 nitrogen and oxygen atoms in total. The number of hydrogen-bond donors (Lipinski definition) is 1. The number of carbonyl (C=O) groups excluding carboxylic acids is 1. The van der Waals surface area contributed by atoms with Crippen LogP contribution < -0.4 is 5.32 Å². The number of rotatable bonds is 7. The first-order valence-corrected chi connectivity index (χ1v) is 12.1. The molecule has 0 saturated heterocycles. The molecule has 2 aromatic carbocycles. The lowest BCUT2D eigenvalue weighted by molar-refractivity contribution is -0.123. The van der Waals surface area contributed by atoms with Crippen molar-refractivity contribution in [3.05, 3.63) is 65.0 Å². The zero-order valence-corrected chi connectivity index (χ0v) is 19.4. The smallest absolute Gasteiger partial charge is 0.241 e. The van der Waals surface area contributed by atoms with Crippen LogP contribution >= 0.6 is 0 Å². The number of nitrogens with one attached hydrogen (secondary N) is 1. The Hall–Kier alpha value is -2.25. The zero-order valence-electron chi connectivity index (χ0n) is 18.6. The van der Waals surface area contributed by atoms with Gasteiger partial charge in [-0.1, -0.05) is 37.1 Å². The molecule has 1 amide bonds. The summed E-state index contributed by atoms with van der Waals surface area (Å²) < 4.78 is 39.7. The summed E-state index contributed by atoms with van der Waals surface area (Å²) in [5.41, 5.74) is 2.22. The number of nitrogens with zero attached hydrogens (tertiary/aromatic N) is 1. The van der Waals surface area contributed by atoms with Gasteiger partial charge in [0.15, 0.2) is 14.6 Å². The Labute approximate surface area is 184 Å². The average molecular weight is 447 g/mol. The zero-order chi connectivity index (χ0) is 22.8. The number of benzene rings is 2. The maximum Gasteiger partial charge on any atom is 0.241 e. The van der Waals surface area contributed by atoms with Gasteiger partial charge in [-0.25, -0.2) is 12.8 Å². The molecule has 0 aromatic heterocycles. The molecular formula is C24H31FN2O3S. The Morgan fingerprint density at radius 1 is 1.13 bits per heavy atom. The van der Waals surface area contributed by atoms with Crippen LogP contribution in [0, 0.1) is 19.7 Å². The van der Waals surface area contributed by atoms with Crippen LogP contribution in [0.4, 0.5) is 4.39 Å². The molecule has 0 aliphatic heterocycles. The van der Waals surface area contributed by atoms with E-state index in [2.05, 4.69) is 5.32 Å². The molecule has 168 valence electrons. The Kier molecular flexibility index (Phi) is 6.86. The minimum Gasteiger partial charge on any atom is -0.353 e. The molecule has 0 spiro atoms. The SMILES string of the molecule is Cc1ccc(C)c(S(=O)(=O)C2(C(=O)NCC(c3cccc(F)c3)N(C)C)CCCC2)c1. The second kappa shape index (κ2) is 9.09. The van der Waals surface area contributed by atoms with Crippen LogP contribution in [0.25, 0.3) is 0 Å². The lowest BCUT2D eigenvalue weighted by Crippen LogP contribution is -2.52. The summed E-state index contributed by atoms with van der Waals surface area (Å²) in [4.78, 5) is 15.5. The Morgan fingerprint density at radius 3 is 2.42 bits per heavy atom. The third kappa shape index (κ3) is 4.53. The largest absolute Gasteiger partial charge is 0.353 e. The fraction of sp³-hybridized carbons (Fsp3) is 0.458. The van der Waals surface area contributed by atoms with Gasteiger partial charge >= 0.3 is 0 Å². The van der Waals surface area contributed by atoms with Crippen molar-refractivity contribution in [1.82, 2.24) is 10.2 Å². The predicted molar refractivity (Wildman–Crippen MR) is 120 cm³/mol. The van der Waals surface area contributed by atoms with Crippen molar-refractivity contribution >= 4 is 15.7 Å². The lowest BCUT2D eigenvalue weighted by Gasteiger charge is -2.31. The van der Waals surface area contributed by atoms with E-state index < -0.39 is 20.5 Å². The summed E-state index contributed by atoms with van der Waals surface area (Å²) in [5, 5.41) is 2.89.